The van der Waals surface area contributed by atoms with Gasteiger partial charge in [-0.3, -0.25) is 0 Å². The number of amides is 1. The van der Waals surface area contributed by atoms with E-state index in [4.69, 9.17) is 45.4 Å². The number of aliphatic hydroxyl groups excluding tert-OH is 1. The van der Waals surface area contributed by atoms with Gasteiger partial charge in [-0.1, -0.05) is 72.8 Å². The first-order valence-corrected chi connectivity index (χ1v) is 30.4. The van der Waals surface area contributed by atoms with Gasteiger partial charge >= 0.3 is 18.1 Å². The maximum absolute atomic E-state index is 12.3. The van der Waals surface area contributed by atoms with Gasteiger partial charge in [-0.25, -0.2) is 24.7 Å². The Kier molecular flexibility index (Phi) is 20.2. The van der Waals surface area contributed by atoms with E-state index < -0.39 is 6.09 Å². The average molecular weight is 1250 g/mol. The summed E-state index contributed by atoms with van der Waals surface area (Å²) < 4.78 is 32.4. The van der Waals surface area contributed by atoms with Crippen LogP contribution in [0, 0.1) is 22.7 Å². The first kappa shape index (κ1) is 60.9. The number of hydrogen-bond acceptors (Lipinski definition) is 24. The van der Waals surface area contributed by atoms with E-state index in [2.05, 4.69) is 76.5 Å². The molecule has 8 heterocycles. The van der Waals surface area contributed by atoms with Crippen molar-refractivity contribution < 1.29 is 32.9 Å². The molecule has 0 aliphatic rings. The number of aromatic nitrogens is 6. The van der Waals surface area contributed by atoms with Crippen LogP contribution in [-0.4, -0.2) is 81.5 Å². The number of para-hydroxylation sites is 4. The highest BCUT2D eigenvalue weighted by Crippen LogP contribution is 2.40. The molecule has 0 radical (unpaired) electrons. The number of benzene rings is 4. The van der Waals surface area contributed by atoms with E-state index in [9.17, 15) is 15.3 Å². The summed E-state index contributed by atoms with van der Waals surface area (Å²) in [5.41, 5.74) is 24.2. The molecule has 25 heteroatoms. The monoisotopic (exact) mass is 1250 g/mol. The van der Waals surface area contributed by atoms with Crippen molar-refractivity contribution in [2.45, 2.75) is 26.3 Å². The number of aliphatic hydroxyl groups is 1. The Morgan fingerprint density at radius 3 is 1.51 bits per heavy atom. The van der Waals surface area contributed by atoms with Gasteiger partial charge in [-0.2, -0.15) is 20.5 Å². The molecule has 4 aromatic carbocycles. The third-order valence-corrected chi connectivity index (χ3v) is 17.6. The molecule has 0 aliphatic carbocycles. The highest BCUT2D eigenvalue weighted by molar-refractivity contribution is 7.30. The molecule has 8 N–H and O–H groups in total. The van der Waals surface area contributed by atoms with Gasteiger partial charge in [0, 0.05) is 74.7 Å². The van der Waals surface area contributed by atoms with Gasteiger partial charge in [-0.15, -0.1) is 45.3 Å². The maximum Gasteiger partial charge on any atom is 0.407 e. The zero-order valence-electron chi connectivity index (χ0n) is 47.4. The minimum absolute atomic E-state index is 0.131. The molecule has 12 aromatic rings. The number of carbonyl (C=O) groups excluding carboxylic acids is 1. The molecule has 0 unspecified atom stereocenters. The van der Waals surface area contributed by atoms with Crippen LogP contribution in [0.15, 0.2) is 155 Å². The van der Waals surface area contributed by atoms with Crippen LogP contribution >= 0.6 is 45.3 Å². The van der Waals surface area contributed by atoms with Gasteiger partial charge in [0.15, 0.2) is 11.2 Å². The van der Waals surface area contributed by atoms with Gasteiger partial charge in [0.25, 0.3) is 0 Å². The summed E-state index contributed by atoms with van der Waals surface area (Å²) in [6, 6.07) is 46.9. The van der Waals surface area contributed by atoms with Crippen LogP contribution in [0.5, 0.6) is 12.0 Å². The Hall–Kier alpha value is -10.3. The number of nitrogens with two attached hydrogens (primary N) is 3. The number of nitrogens with one attached hydrogen (secondary N) is 1. The normalized spacial score (nSPS) is 11.3. The van der Waals surface area contributed by atoms with Crippen molar-refractivity contribution in [3.05, 3.63) is 190 Å². The predicted molar refractivity (Wildman–Crippen MR) is 349 cm³/mol. The molecule has 12 rings (SSSR count). The molecule has 0 bridgehead atoms. The predicted octanol–water partition coefficient (Wildman–Crippen LogP) is 12.2. The molecule has 0 spiro atoms. The van der Waals surface area contributed by atoms with Crippen LogP contribution in [0.3, 0.4) is 0 Å². The molecule has 0 atom stereocenters. The number of nitriles is 2. The van der Waals surface area contributed by atoms with Crippen molar-refractivity contribution >= 4 is 137 Å². The van der Waals surface area contributed by atoms with Crippen molar-refractivity contribution in [1.29, 1.82) is 10.5 Å². The second kappa shape index (κ2) is 29.2. The number of likely N-dealkylation sites (N-methyl/N-ethyl adjacent to an activating group) is 2. The van der Waals surface area contributed by atoms with E-state index >= 15 is 0 Å². The fourth-order valence-electron chi connectivity index (χ4n) is 8.28. The number of fused-ring (bicyclic) bond motifs is 4. The van der Waals surface area contributed by atoms with Gasteiger partial charge in [0.05, 0.1) is 23.2 Å². The van der Waals surface area contributed by atoms with Crippen molar-refractivity contribution in [3.63, 3.8) is 0 Å². The second-order valence-corrected chi connectivity index (χ2v) is 23.6. The highest BCUT2D eigenvalue weighted by atomic mass is 32.1. The SMILES string of the molecule is CN(CCO)c1cc2sc(/C=C(\C#N)c3nc4ccccc4o3)cc2s1.CN(CCOC(=O)NCc1ccc(COc2nccc(N)n2)cc1)c1cc2sc(/C=C(\C#N)c3nc4ccccc4o3)cc2s1.NCc1ccc(COc2nccc(N)n2)cc1. The van der Waals surface area contributed by atoms with E-state index in [0.29, 0.717) is 85.1 Å². The van der Waals surface area contributed by atoms with Gasteiger partial charge < -0.3 is 60.5 Å². The standard InChI is InChI=1S/C32H27N7O4S2.C19H15N3O2S2.C12H14N4O/c1-39(12-13-41-32(40)36-18-20-6-8-21(9-7-20)19-42-31-35-11-10-28(34)38-31)29-16-27-26(45-29)15-23(44-27)14-22(17-33)30-37-24-4-2-3-5-25(24)43-30;1-22(6-7-23)18-10-17-16(26-18)9-13(25-17)8-12(11-20)19-21-14-4-2-3-5-15(14)24-19;13-7-9-1-3-10(4-2-9)8-17-12-15-6-5-11(14)16-12/h2-11,14-16H,12-13,18-19H2,1H3,(H,36,40)(H2,34,35,38);2-5,8-10,23H,6-7H2,1H3;1-6H,7-8,13H2,(H2,14,15,16)/b22-14+;12-8+;. The Morgan fingerprint density at radius 2 is 1.07 bits per heavy atom. The van der Waals surface area contributed by atoms with Crippen LogP contribution in [0.2, 0.25) is 0 Å². The fraction of sp³-hybridized carbons (Fsp3) is 0.159. The summed E-state index contributed by atoms with van der Waals surface area (Å²) in [6.45, 7) is 3.11. The lowest BCUT2D eigenvalue weighted by molar-refractivity contribution is 0.148. The minimum atomic E-state index is -0.481. The molecular weight excluding hydrogens is 1190 g/mol. The van der Waals surface area contributed by atoms with Gasteiger partial charge in [0.2, 0.25) is 11.8 Å². The Bertz CT molecular complexity index is 4350. The topological polar surface area (TPSA) is 313 Å². The third-order valence-electron chi connectivity index (χ3n) is 12.9. The zero-order valence-corrected chi connectivity index (χ0v) is 50.7. The van der Waals surface area contributed by atoms with E-state index in [1.807, 2.05) is 122 Å². The van der Waals surface area contributed by atoms with Crippen LogP contribution < -0.4 is 41.8 Å². The van der Waals surface area contributed by atoms with Gasteiger partial charge in [0.1, 0.15) is 65.8 Å². The number of nitrogen functional groups attached to an aromatic ring is 2. The van der Waals surface area contributed by atoms with E-state index in [1.165, 1.54) is 0 Å². The summed E-state index contributed by atoms with van der Waals surface area (Å²) in [5.74, 6) is 1.40. The van der Waals surface area contributed by atoms with Crippen molar-refractivity contribution in [3.8, 4) is 24.2 Å². The molecule has 1 amide bonds. The molecular formula is C63H56N14O7S4. The van der Waals surface area contributed by atoms with Crippen molar-refractivity contribution in [2.75, 3.05) is 61.7 Å². The molecule has 88 heavy (non-hydrogen) atoms. The number of oxazole rings is 2. The summed E-state index contributed by atoms with van der Waals surface area (Å²) in [7, 11) is 3.93. The first-order valence-electron chi connectivity index (χ1n) is 27.1. The smallest absolute Gasteiger partial charge is 0.407 e. The molecule has 0 aliphatic heterocycles. The minimum Gasteiger partial charge on any atom is -0.459 e. The summed E-state index contributed by atoms with van der Waals surface area (Å²) >= 11 is 6.53. The van der Waals surface area contributed by atoms with Gasteiger partial charge in [-0.05, 0) is 95.1 Å². The maximum atomic E-state index is 12.3. The molecule has 21 nitrogen and oxygen atoms in total. The summed E-state index contributed by atoms with van der Waals surface area (Å²) in [5, 5.41) is 33.3. The van der Waals surface area contributed by atoms with Crippen molar-refractivity contribution in [1.82, 2.24) is 35.2 Å². The number of nitrogens with zero attached hydrogens (tertiary/aromatic N) is 10. The Morgan fingerprint density at radius 1 is 0.614 bits per heavy atom. The highest BCUT2D eigenvalue weighted by Gasteiger charge is 2.17. The Labute approximate surface area is 520 Å². The van der Waals surface area contributed by atoms with E-state index in [1.54, 1.807) is 75.9 Å². The lowest BCUT2D eigenvalue weighted by Crippen LogP contribution is -2.28. The number of thiophene rings is 4. The number of hydrogen-bond donors (Lipinski definition) is 5. The van der Waals surface area contributed by atoms with E-state index in [-0.39, 0.29) is 25.2 Å². The van der Waals surface area contributed by atoms with Crippen LogP contribution in [-0.2, 0) is 31.0 Å². The third kappa shape index (κ3) is 16.2. The number of allylic oxidation sites excluding steroid dienone is 2. The molecule has 0 fully saturated rings. The summed E-state index contributed by atoms with van der Waals surface area (Å²) in [6.07, 6.45) is 6.25. The zero-order chi connectivity index (χ0) is 61.4. The largest absolute Gasteiger partial charge is 0.459 e. The lowest BCUT2D eigenvalue weighted by atomic mass is 10.1. The van der Waals surface area contributed by atoms with Crippen molar-refractivity contribution in [2.24, 2.45) is 5.73 Å². The molecule has 0 saturated heterocycles. The number of rotatable bonds is 20. The summed E-state index contributed by atoms with van der Waals surface area (Å²) in [4.78, 5) is 43.0. The number of ether oxygens (including phenoxy) is 3. The van der Waals surface area contributed by atoms with Crippen LogP contribution in [0.25, 0.3) is 64.3 Å². The molecule has 0 saturated carbocycles. The molecule has 444 valence electrons. The first-order chi connectivity index (χ1) is 42.9. The Balaban J connectivity index is 0.000000166. The average Bonchev–Trinajstić information content (AvgIpc) is 4.23. The second-order valence-electron chi connectivity index (χ2n) is 19.2. The quantitative estimate of drug-likeness (QED) is 0.0443. The van der Waals surface area contributed by atoms with Crippen LogP contribution in [0.1, 0.15) is 43.8 Å². The number of alkyl carbamates (subject to hydrolysis) is 1. The van der Waals surface area contributed by atoms with E-state index in [0.717, 1.165) is 71.8 Å². The number of anilines is 4. The van der Waals surface area contributed by atoms with Crippen LogP contribution in [0.4, 0.5) is 26.4 Å². The lowest BCUT2D eigenvalue weighted by Gasteiger charge is -2.16. The molecule has 8 aromatic heterocycles. The fourth-order valence-corrected chi connectivity index (χ4v) is 12.9. The number of carbonyl (C=O) groups is 1.